The average molecular weight is 1310 g/mol. The van der Waals surface area contributed by atoms with Crippen molar-refractivity contribution >= 4 is 97.7 Å². The van der Waals surface area contributed by atoms with Crippen LogP contribution in [0.3, 0.4) is 0 Å². The number of fused-ring (bicyclic) bond motifs is 14. The molecule has 480 valence electrons. The lowest BCUT2D eigenvalue weighted by molar-refractivity contribution is 0.661. The third-order valence-corrected chi connectivity index (χ3v) is 22.1. The monoisotopic (exact) mass is 1310 g/mol. The summed E-state index contributed by atoms with van der Waals surface area (Å²) in [4.78, 5) is 16.3. The van der Waals surface area contributed by atoms with E-state index in [1.165, 1.54) is 87.8 Å². The van der Waals surface area contributed by atoms with E-state index >= 15 is 0 Å². The molecular formula is C98H63N5. The maximum atomic E-state index is 5.85. The molecule has 103 heavy (non-hydrogen) atoms. The Kier molecular flexibility index (Phi) is 13.0. The molecule has 0 radical (unpaired) electrons. The van der Waals surface area contributed by atoms with E-state index in [9.17, 15) is 0 Å². The van der Waals surface area contributed by atoms with E-state index in [2.05, 4.69) is 369 Å². The molecule has 3 aromatic heterocycles. The molecule has 0 spiro atoms. The molecule has 5 nitrogen and oxygen atoms in total. The summed E-state index contributed by atoms with van der Waals surface area (Å²) < 4.78 is 4.55. The van der Waals surface area contributed by atoms with Crippen LogP contribution < -0.4 is 0 Å². The Balaban J connectivity index is 0.708. The molecule has 0 N–H and O–H groups in total. The topological polar surface area (TPSA) is 48.5 Å². The van der Waals surface area contributed by atoms with Gasteiger partial charge in [-0.05, 0) is 188 Å². The quantitative estimate of drug-likeness (QED) is 0.107. The highest BCUT2D eigenvalue weighted by Crippen LogP contribution is 2.55. The Hall–Kier alpha value is -13.4. The molecule has 1 aliphatic carbocycles. The first-order valence-electron chi connectivity index (χ1n) is 35.6. The lowest BCUT2D eigenvalue weighted by Crippen LogP contribution is -2.15. The first-order valence-corrected chi connectivity index (χ1v) is 35.6. The zero-order chi connectivity index (χ0) is 68.0. The van der Waals surface area contributed by atoms with Crippen molar-refractivity contribution in [3.8, 4) is 101 Å². The molecule has 20 aromatic rings. The van der Waals surface area contributed by atoms with Gasteiger partial charge >= 0.3 is 0 Å². The highest BCUT2D eigenvalue weighted by molar-refractivity contribution is 6.25. The molecule has 0 atom stereocenters. The number of nitrogens with zero attached hydrogens (tertiary/aromatic N) is 5. The van der Waals surface area contributed by atoms with Crippen LogP contribution in [0.25, 0.3) is 199 Å². The zero-order valence-electron chi connectivity index (χ0n) is 56.6. The van der Waals surface area contributed by atoms with Crippen LogP contribution >= 0.6 is 0 Å². The van der Waals surface area contributed by atoms with Crippen molar-refractivity contribution in [1.29, 1.82) is 0 Å². The van der Waals surface area contributed by atoms with Gasteiger partial charge in [-0.25, -0.2) is 15.0 Å². The van der Waals surface area contributed by atoms with E-state index < -0.39 is 0 Å². The molecule has 0 saturated heterocycles. The van der Waals surface area contributed by atoms with Gasteiger partial charge in [-0.3, -0.25) is 9.13 Å². The van der Waals surface area contributed by atoms with Crippen LogP contribution in [0.15, 0.2) is 346 Å². The largest absolute Gasteiger partial charge is 0.292 e. The lowest BCUT2D eigenvalue weighted by atomic mass is 9.79. The Morgan fingerprint density at radius 2 is 0.689 bits per heavy atom. The summed E-state index contributed by atoms with van der Waals surface area (Å²) in [5, 5.41) is 14.2. The summed E-state index contributed by atoms with van der Waals surface area (Å²) in [6.45, 7) is 4.86. The van der Waals surface area contributed by atoms with Crippen molar-refractivity contribution in [3.63, 3.8) is 0 Å². The third-order valence-electron chi connectivity index (χ3n) is 22.1. The second kappa shape index (κ2) is 22.8. The standard InChI is InChI=1S/C98H63N5/c1-98(2)84-57-70(52-53-76(84)81-58-82-83(59-85(81)98)92(71-49-40-60-20-9-10-22-69(60)56-71)78-30-14-13-29-77(78)90(82)65-43-47-68(48-44-65)97-100-87-33-16-18-35-89(87)103(97)73-26-7-4-8-27-73)74-31-19-23-64-51-55-80-91(79-54-50-63-21-11-12-28-75(63)94(79)101-95(80)93(64)74)66-41-36-61(37-42-66)62-38-45-67(46-39-62)96-99-86-32-15-17-34-88(86)102(96)72-24-5-3-6-25-72/h3-59H,1-2H3. The third kappa shape index (κ3) is 9.15. The van der Waals surface area contributed by atoms with Crippen LogP contribution in [0.2, 0.25) is 0 Å². The molecular weight excluding hydrogens is 1250 g/mol. The minimum atomic E-state index is -0.366. The molecule has 17 aromatic carbocycles. The minimum Gasteiger partial charge on any atom is -0.292 e. The number of benzene rings is 17. The van der Waals surface area contributed by atoms with Crippen LogP contribution in [0, 0.1) is 0 Å². The maximum Gasteiger partial charge on any atom is 0.145 e. The van der Waals surface area contributed by atoms with Crippen molar-refractivity contribution in [3.05, 3.63) is 357 Å². The highest BCUT2D eigenvalue weighted by atomic mass is 15.1. The zero-order valence-corrected chi connectivity index (χ0v) is 56.6. The Labute approximate surface area is 595 Å². The van der Waals surface area contributed by atoms with Crippen LogP contribution in [-0.2, 0) is 5.41 Å². The van der Waals surface area contributed by atoms with Crippen molar-refractivity contribution in [1.82, 2.24) is 24.1 Å². The number of pyridine rings is 1. The van der Waals surface area contributed by atoms with Gasteiger partial charge in [-0.2, -0.15) is 0 Å². The molecule has 3 heterocycles. The van der Waals surface area contributed by atoms with Gasteiger partial charge in [-0.1, -0.05) is 287 Å². The van der Waals surface area contributed by atoms with E-state index in [1.54, 1.807) is 0 Å². The molecule has 0 unspecified atom stereocenters. The van der Waals surface area contributed by atoms with E-state index in [4.69, 9.17) is 15.0 Å². The minimum absolute atomic E-state index is 0.366. The van der Waals surface area contributed by atoms with Gasteiger partial charge in [0.1, 0.15) is 11.6 Å². The number of hydrogen-bond donors (Lipinski definition) is 0. The first-order chi connectivity index (χ1) is 50.8. The molecule has 1 aliphatic rings. The van der Waals surface area contributed by atoms with Gasteiger partial charge in [0, 0.05) is 55.0 Å². The lowest BCUT2D eigenvalue weighted by Gasteiger charge is -2.24. The number of imidazole rings is 2. The molecule has 21 rings (SSSR count). The van der Waals surface area contributed by atoms with Gasteiger partial charge in [0.15, 0.2) is 0 Å². The fourth-order valence-electron chi connectivity index (χ4n) is 17.1. The Morgan fingerprint density at radius 1 is 0.243 bits per heavy atom. The SMILES string of the molecule is CC1(C)c2cc(-c3cccc4ccc5c(-c6ccc(-c7ccc(-c8nc9ccccc9n8-c8ccccc8)cc7)cc6)c6ccc7ccccc7c6nc5c34)ccc2-c2cc3c(-c4ccc(-c5nc6ccccc6n5-c5ccccc5)cc4)c4ccccc4c(-c4ccc5ccccc5c4)c3cc21. The summed E-state index contributed by atoms with van der Waals surface area (Å²) in [6.07, 6.45) is 0. The van der Waals surface area contributed by atoms with Crippen molar-refractivity contribution < 1.29 is 0 Å². The predicted molar refractivity (Wildman–Crippen MR) is 432 cm³/mol. The molecule has 0 fully saturated rings. The number of para-hydroxylation sites is 6. The van der Waals surface area contributed by atoms with Crippen LogP contribution in [0.1, 0.15) is 25.0 Å². The fraction of sp³-hybridized carbons (Fsp3) is 0.0306. The maximum absolute atomic E-state index is 5.85. The summed E-state index contributed by atoms with van der Waals surface area (Å²) in [5.74, 6) is 1.83. The number of aromatic nitrogens is 5. The first kappa shape index (κ1) is 58.6. The Morgan fingerprint density at radius 3 is 1.32 bits per heavy atom. The van der Waals surface area contributed by atoms with Crippen molar-refractivity contribution in [2.24, 2.45) is 0 Å². The van der Waals surface area contributed by atoms with Crippen molar-refractivity contribution in [2.45, 2.75) is 19.3 Å². The highest BCUT2D eigenvalue weighted by Gasteiger charge is 2.37. The fourth-order valence-corrected chi connectivity index (χ4v) is 17.1. The van der Waals surface area contributed by atoms with E-state index in [0.717, 1.165) is 122 Å². The summed E-state index contributed by atoms with van der Waals surface area (Å²) in [7, 11) is 0. The van der Waals surface area contributed by atoms with Gasteiger partial charge in [-0.15, -0.1) is 0 Å². The summed E-state index contributed by atoms with van der Waals surface area (Å²) >= 11 is 0. The smallest absolute Gasteiger partial charge is 0.145 e. The van der Waals surface area contributed by atoms with Crippen LogP contribution in [0.5, 0.6) is 0 Å². The summed E-state index contributed by atoms with van der Waals surface area (Å²) in [6, 6.07) is 127. The second-order valence-corrected chi connectivity index (χ2v) is 28.1. The normalized spacial score (nSPS) is 12.6. The van der Waals surface area contributed by atoms with E-state index in [1.807, 2.05) is 0 Å². The van der Waals surface area contributed by atoms with Gasteiger partial charge in [0.2, 0.25) is 0 Å². The van der Waals surface area contributed by atoms with Crippen molar-refractivity contribution in [2.75, 3.05) is 0 Å². The molecule has 0 amide bonds. The molecule has 0 aliphatic heterocycles. The number of rotatable bonds is 9. The van der Waals surface area contributed by atoms with Gasteiger partial charge < -0.3 is 0 Å². The number of hydrogen-bond acceptors (Lipinski definition) is 3. The van der Waals surface area contributed by atoms with Gasteiger partial charge in [0.25, 0.3) is 0 Å². The molecule has 0 saturated carbocycles. The van der Waals surface area contributed by atoms with Crippen LogP contribution in [0.4, 0.5) is 0 Å². The average Bonchev–Trinajstić information content (AvgIpc) is 1.56. The van der Waals surface area contributed by atoms with E-state index in [0.29, 0.717) is 0 Å². The second-order valence-electron chi connectivity index (χ2n) is 28.1. The Bertz CT molecular complexity index is 6900. The van der Waals surface area contributed by atoms with Gasteiger partial charge in [0.05, 0.1) is 33.1 Å². The molecule has 0 bridgehead atoms. The van der Waals surface area contributed by atoms with Crippen LogP contribution in [-0.4, -0.2) is 24.1 Å². The molecule has 5 heteroatoms. The summed E-state index contributed by atoms with van der Waals surface area (Å²) in [5.41, 5.74) is 26.9. The van der Waals surface area contributed by atoms with E-state index in [-0.39, 0.29) is 5.41 Å². The predicted octanol–water partition coefficient (Wildman–Crippen LogP) is 25.8.